The molecule has 5 heteroatoms. The van der Waals surface area contributed by atoms with Crippen molar-refractivity contribution in [3.8, 4) is 0 Å². The third-order valence-electron chi connectivity index (χ3n) is 4.61. The number of carboxylic acid groups (broad SMARTS) is 1. The molecule has 2 atom stereocenters. The van der Waals surface area contributed by atoms with Gasteiger partial charge in [-0.05, 0) is 13.0 Å². The fraction of sp³-hybridized carbons (Fsp3) is 0.900. The minimum atomic E-state index is -0.692. The molecule has 4 N–H and O–H groups in total. The van der Waals surface area contributed by atoms with Crippen molar-refractivity contribution in [3.63, 3.8) is 0 Å². The second-order valence-electron chi connectivity index (χ2n) is 5.12. The molecule has 3 heterocycles. The summed E-state index contributed by atoms with van der Waals surface area (Å²) in [6.07, 6.45) is 0.985. The number of hydrogen-bond acceptors (Lipinski definition) is 4. The van der Waals surface area contributed by atoms with Crippen molar-refractivity contribution < 1.29 is 9.90 Å². The molecule has 3 aliphatic rings. The lowest BCUT2D eigenvalue weighted by Gasteiger charge is -2.51. The van der Waals surface area contributed by atoms with Crippen LogP contribution in [0, 0.1) is 10.8 Å². The lowest BCUT2D eigenvalue weighted by atomic mass is 9.58. The third kappa shape index (κ3) is 1.01. The van der Waals surface area contributed by atoms with E-state index in [1.54, 1.807) is 0 Å². The maximum atomic E-state index is 11.3. The molecule has 0 aromatic rings. The Morgan fingerprint density at radius 3 is 2.47 bits per heavy atom. The lowest BCUT2D eigenvalue weighted by molar-refractivity contribution is -0.144. The molecule has 0 saturated carbocycles. The normalized spacial score (nSPS) is 42.3. The summed E-state index contributed by atoms with van der Waals surface area (Å²) < 4.78 is 0. The molecule has 0 aliphatic carbocycles. The van der Waals surface area contributed by atoms with Gasteiger partial charge in [0, 0.05) is 37.0 Å². The molecule has 3 saturated heterocycles. The van der Waals surface area contributed by atoms with Gasteiger partial charge in [-0.3, -0.25) is 4.79 Å². The summed E-state index contributed by atoms with van der Waals surface area (Å²) in [6.45, 7) is 4.57. The zero-order chi connectivity index (χ0) is 10.5. The topological polar surface area (TPSA) is 73.4 Å². The number of nitrogens with one attached hydrogen (secondary N) is 3. The first-order valence-electron chi connectivity index (χ1n) is 5.58. The summed E-state index contributed by atoms with van der Waals surface area (Å²) in [5.41, 5.74) is 0.115. The molecule has 5 nitrogen and oxygen atoms in total. The molecule has 3 rings (SSSR count). The molecule has 15 heavy (non-hydrogen) atoms. The van der Waals surface area contributed by atoms with Crippen LogP contribution in [0.5, 0.6) is 0 Å². The van der Waals surface area contributed by atoms with Gasteiger partial charge in [0.15, 0.2) is 0 Å². The average Bonchev–Trinajstić information content (AvgIpc) is 2.70. The van der Waals surface area contributed by atoms with E-state index < -0.39 is 5.97 Å². The van der Waals surface area contributed by atoms with E-state index >= 15 is 0 Å². The molecule has 2 spiro atoms. The van der Waals surface area contributed by atoms with Crippen LogP contribution >= 0.6 is 0 Å². The van der Waals surface area contributed by atoms with Crippen LogP contribution in [0.4, 0.5) is 0 Å². The fourth-order valence-electron chi connectivity index (χ4n) is 3.66. The van der Waals surface area contributed by atoms with Gasteiger partial charge in [-0.15, -0.1) is 0 Å². The minimum absolute atomic E-state index is 0.0654. The van der Waals surface area contributed by atoms with Crippen LogP contribution in [0.3, 0.4) is 0 Å². The molecule has 0 aromatic carbocycles. The second kappa shape index (κ2) is 2.93. The van der Waals surface area contributed by atoms with Crippen molar-refractivity contribution in [2.45, 2.75) is 12.5 Å². The molecule has 3 aliphatic heterocycles. The number of carboxylic acids is 1. The van der Waals surface area contributed by atoms with E-state index in [9.17, 15) is 9.90 Å². The molecule has 0 bridgehead atoms. The van der Waals surface area contributed by atoms with Gasteiger partial charge >= 0.3 is 5.97 Å². The van der Waals surface area contributed by atoms with Gasteiger partial charge in [-0.2, -0.15) is 0 Å². The smallest absolute Gasteiger partial charge is 0.321 e. The van der Waals surface area contributed by atoms with Crippen molar-refractivity contribution in [1.29, 1.82) is 0 Å². The van der Waals surface area contributed by atoms with Crippen LogP contribution in [-0.2, 0) is 4.79 Å². The highest BCUT2D eigenvalue weighted by Gasteiger charge is 2.64. The summed E-state index contributed by atoms with van der Waals surface area (Å²) in [7, 11) is 0. The summed E-state index contributed by atoms with van der Waals surface area (Å²) in [5, 5.41) is 19.1. The number of fused-ring (bicyclic) bond motifs is 1. The summed E-state index contributed by atoms with van der Waals surface area (Å²) in [4.78, 5) is 11.3. The Morgan fingerprint density at radius 1 is 1.20 bits per heavy atom. The predicted octanol–water partition coefficient (Wildman–Crippen LogP) is -1.39. The minimum Gasteiger partial charge on any atom is -0.480 e. The highest BCUT2D eigenvalue weighted by molar-refractivity contribution is 5.75. The maximum absolute atomic E-state index is 11.3. The SMILES string of the molecule is O=C(O)C1NCCC12CNCC21CNC1. The molecule has 3 fully saturated rings. The number of hydrogen-bond donors (Lipinski definition) is 4. The molecule has 0 amide bonds. The Labute approximate surface area is 88.6 Å². The Morgan fingerprint density at radius 2 is 1.87 bits per heavy atom. The zero-order valence-electron chi connectivity index (χ0n) is 8.68. The van der Waals surface area contributed by atoms with Gasteiger partial charge in [-0.1, -0.05) is 0 Å². The van der Waals surface area contributed by atoms with Crippen LogP contribution < -0.4 is 16.0 Å². The largest absolute Gasteiger partial charge is 0.480 e. The van der Waals surface area contributed by atoms with Gasteiger partial charge in [0.2, 0.25) is 0 Å². The van der Waals surface area contributed by atoms with E-state index in [2.05, 4.69) is 16.0 Å². The van der Waals surface area contributed by atoms with Gasteiger partial charge < -0.3 is 21.1 Å². The molecule has 0 radical (unpaired) electrons. The average molecular weight is 211 g/mol. The predicted molar refractivity (Wildman–Crippen MR) is 54.6 cm³/mol. The second-order valence-corrected chi connectivity index (χ2v) is 5.12. The fourth-order valence-corrected chi connectivity index (χ4v) is 3.66. The van der Waals surface area contributed by atoms with Crippen LogP contribution in [0.1, 0.15) is 6.42 Å². The van der Waals surface area contributed by atoms with Gasteiger partial charge in [-0.25, -0.2) is 0 Å². The zero-order valence-corrected chi connectivity index (χ0v) is 8.68. The lowest BCUT2D eigenvalue weighted by Crippen LogP contribution is -2.66. The molecule has 2 unspecified atom stereocenters. The highest BCUT2D eigenvalue weighted by Crippen LogP contribution is 2.52. The van der Waals surface area contributed by atoms with Crippen molar-refractivity contribution in [1.82, 2.24) is 16.0 Å². The third-order valence-corrected chi connectivity index (χ3v) is 4.61. The Kier molecular flexibility index (Phi) is 1.87. The first-order valence-corrected chi connectivity index (χ1v) is 5.58. The summed E-state index contributed by atoms with van der Waals surface area (Å²) in [6, 6.07) is -0.366. The van der Waals surface area contributed by atoms with Crippen LogP contribution in [0.15, 0.2) is 0 Å². The van der Waals surface area contributed by atoms with Crippen LogP contribution in [0.25, 0.3) is 0 Å². The Hall–Kier alpha value is -0.650. The van der Waals surface area contributed by atoms with Crippen molar-refractivity contribution in [2.75, 3.05) is 32.7 Å². The quantitative estimate of drug-likeness (QED) is 0.430. The molecule has 84 valence electrons. The van der Waals surface area contributed by atoms with Crippen molar-refractivity contribution in [2.24, 2.45) is 10.8 Å². The Bertz CT molecular complexity index is 299. The van der Waals surface area contributed by atoms with Gasteiger partial charge in [0.25, 0.3) is 0 Å². The first-order chi connectivity index (χ1) is 7.20. The molecular weight excluding hydrogens is 194 g/mol. The van der Waals surface area contributed by atoms with E-state index in [-0.39, 0.29) is 16.9 Å². The number of carbonyl (C=O) groups is 1. The monoisotopic (exact) mass is 211 g/mol. The van der Waals surface area contributed by atoms with Crippen LogP contribution in [0.2, 0.25) is 0 Å². The van der Waals surface area contributed by atoms with Crippen molar-refractivity contribution >= 4 is 5.97 Å². The summed E-state index contributed by atoms with van der Waals surface area (Å²) in [5.74, 6) is -0.692. The van der Waals surface area contributed by atoms with Gasteiger partial charge in [0.1, 0.15) is 6.04 Å². The van der Waals surface area contributed by atoms with E-state index in [4.69, 9.17) is 0 Å². The van der Waals surface area contributed by atoms with E-state index in [0.29, 0.717) is 0 Å². The van der Waals surface area contributed by atoms with E-state index in [1.807, 2.05) is 0 Å². The maximum Gasteiger partial charge on any atom is 0.321 e. The van der Waals surface area contributed by atoms with Crippen molar-refractivity contribution in [3.05, 3.63) is 0 Å². The number of aliphatic carboxylic acids is 1. The Balaban J connectivity index is 1.97. The number of rotatable bonds is 1. The van der Waals surface area contributed by atoms with E-state index in [1.165, 1.54) is 0 Å². The highest BCUT2D eigenvalue weighted by atomic mass is 16.4. The van der Waals surface area contributed by atoms with Crippen LogP contribution in [-0.4, -0.2) is 49.8 Å². The first kappa shape index (κ1) is 9.57. The standard InChI is InChI=1S/C10H17N3O2/c14-8(15)7-10(1-2-13-7)6-12-5-9(10)3-11-4-9/h7,11-13H,1-6H2,(H,14,15). The summed E-state index contributed by atoms with van der Waals surface area (Å²) >= 11 is 0. The molecule has 0 aromatic heterocycles. The molecular formula is C10H17N3O2. The van der Waals surface area contributed by atoms with Gasteiger partial charge in [0.05, 0.1) is 0 Å². The van der Waals surface area contributed by atoms with E-state index in [0.717, 1.165) is 39.1 Å².